The first kappa shape index (κ1) is 29.7. The normalized spacial score (nSPS) is 23.0. The number of aromatic nitrogens is 1. The van der Waals surface area contributed by atoms with Gasteiger partial charge in [-0.05, 0) is 38.5 Å². The van der Waals surface area contributed by atoms with Crippen molar-refractivity contribution in [1.82, 2.24) is 20.1 Å². The second-order valence-corrected chi connectivity index (χ2v) is 12.0. The van der Waals surface area contributed by atoms with Gasteiger partial charge in [0.1, 0.15) is 0 Å². The number of ether oxygens (including phenoxy) is 2. The van der Waals surface area contributed by atoms with E-state index in [1.165, 1.54) is 18.4 Å². The first-order valence-corrected chi connectivity index (χ1v) is 14.7. The molecule has 0 spiro atoms. The van der Waals surface area contributed by atoms with E-state index in [1.54, 1.807) is 56.3 Å². The lowest BCUT2D eigenvalue weighted by atomic mass is 9.85. The van der Waals surface area contributed by atoms with Crippen molar-refractivity contribution in [3.05, 3.63) is 57.7 Å². The Morgan fingerprint density at radius 1 is 1.19 bits per heavy atom. The maximum absolute atomic E-state index is 13.6. The maximum Gasteiger partial charge on any atom is 0.337 e. The van der Waals surface area contributed by atoms with Crippen LogP contribution in [0, 0.1) is 0 Å². The quantitative estimate of drug-likeness (QED) is 0.418. The molecule has 5 rings (SSSR count). The van der Waals surface area contributed by atoms with Crippen molar-refractivity contribution in [2.45, 2.75) is 44.3 Å². The summed E-state index contributed by atoms with van der Waals surface area (Å²) in [4.78, 5) is 53.0. The number of amidine groups is 1. The topological polar surface area (TPSA) is 137 Å². The fraction of sp³-hybridized carbons (Fsp3) is 0.483. The Balaban J connectivity index is 1.39. The molecule has 1 aromatic carbocycles. The van der Waals surface area contributed by atoms with Crippen LogP contribution in [-0.2, 0) is 24.5 Å². The number of carbonyl (C=O) groups excluding carboxylic acids is 2. The highest BCUT2D eigenvalue weighted by molar-refractivity contribution is 7.11. The number of carboxylic acid groups (broad SMARTS) is 1. The summed E-state index contributed by atoms with van der Waals surface area (Å²) in [5.74, 6) is -0.742. The molecule has 3 aliphatic rings. The minimum atomic E-state index is -1.04. The van der Waals surface area contributed by atoms with E-state index in [9.17, 15) is 19.5 Å². The molecular formula is C29H36N6O6S. The number of aliphatic imine (C=N–C) groups is 1. The number of anilines is 1. The molecule has 0 unspecified atom stereocenters. The van der Waals surface area contributed by atoms with Crippen molar-refractivity contribution in [2.24, 2.45) is 4.99 Å². The number of rotatable bonds is 9. The Labute approximate surface area is 248 Å². The van der Waals surface area contributed by atoms with Gasteiger partial charge in [0.05, 0.1) is 42.8 Å². The molecule has 224 valence electrons. The number of esters is 1. The van der Waals surface area contributed by atoms with Crippen molar-refractivity contribution in [3.8, 4) is 0 Å². The van der Waals surface area contributed by atoms with Gasteiger partial charge in [-0.1, -0.05) is 12.1 Å². The van der Waals surface area contributed by atoms with Crippen LogP contribution in [0.25, 0.3) is 0 Å². The third kappa shape index (κ3) is 5.39. The van der Waals surface area contributed by atoms with Crippen molar-refractivity contribution in [1.29, 1.82) is 0 Å². The van der Waals surface area contributed by atoms with E-state index >= 15 is 0 Å². The van der Waals surface area contributed by atoms with Crippen molar-refractivity contribution >= 4 is 40.8 Å². The zero-order valence-corrected chi connectivity index (χ0v) is 25.2. The number of carboxylic acids is 1. The second kappa shape index (κ2) is 11.8. The summed E-state index contributed by atoms with van der Waals surface area (Å²) >= 11 is 1.46. The summed E-state index contributed by atoms with van der Waals surface area (Å²) in [5, 5.41) is 15.5. The number of carbonyl (C=O) groups is 3. The van der Waals surface area contributed by atoms with Crippen LogP contribution in [0.2, 0.25) is 0 Å². The van der Waals surface area contributed by atoms with Crippen LogP contribution in [0.3, 0.4) is 0 Å². The van der Waals surface area contributed by atoms with Crippen LogP contribution < -0.4 is 10.2 Å². The fourth-order valence-electron chi connectivity index (χ4n) is 5.81. The molecule has 2 saturated heterocycles. The Hall–Kier alpha value is -3.81. The average Bonchev–Trinajstić information content (AvgIpc) is 3.62. The number of amides is 2. The number of urea groups is 1. The number of methoxy groups -OCH3 is 2. The third-order valence-electron chi connectivity index (χ3n) is 8.30. The zero-order chi connectivity index (χ0) is 30.2. The van der Waals surface area contributed by atoms with Crippen LogP contribution >= 0.6 is 11.3 Å². The molecule has 3 atom stereocenters. The molecule has 2 fully saturated rings. The van der Waals surface area contributed by atoms with E-state index in [2.05, 4.69) is 20.2 Å². The van der Waals surface area contributed by atoms with Crippen LogP contribution in [0.4, 0.5) is 10.5 Å². The minimum Gasteiger partial charge on any atom is -0.481 e. The summed E-state index contributed by atoms with van der Waals surface area (Å²) in [7, 11) is 3.00. The number of piperazine rings is 1. The lowest BCUT2D eigenvalue weighted by molar-refractivity contribution is -0.142. The lowest BCUT2D eigenvalue weighted by Crippen LogP contribution is -2.61. The molecule has 0 saturated carbocycles. The molecule has 0 bridgehead atoms. The number of aliphatic carboxylic acids is 1. The summed E-state index contributed by atoms with van der Waals surface area (Å²) in [6.45, 7) is 7.50. The number of thiazole rings is 1. The Kier molecular flexibility index (Phi) is 8.35. The molecule has 12 nitrogen and oxygen atoms in total. The van der Waals surface area contributed by atoms with Gasteiger partial charge in [-0.2, -0.15) is 0 Å². The molecule has 3 aliphatic heterocycles. The molecule has 42 heavy (non-hydrogen) atoms. The predicted molar refractivity (Wildman–Crippen MR) is 158 cm³/mol. The van der Waals surface area contributed by atoms with Gasteiger partial charge in [0.15, 0.2) is 10.8 Å². The second-order valence-electron chi connectivity index (χ2n) is 11.1. The van der Waals surface area contributed by atoms with Crippen molar-refractivity contribution in [2.75, 3.05) is 51.9 Å². The molecule has 0 aliphatic carbocycles. The SMILES string of the molecule is COC[C@H]1[C@@H]2CN(c3ccc(C(C)(C)C(=O)O)cc3)C(=O)N2CCN1CC1=C(C(=O)OC)[C@H](C)N=C(c2nccs2)N1. The average molecular weight is 597 g/mol. The molecule has 2 aromatic rings. The van der Waals surface area contributed by atoms with E-state index in [-0.39, 0.29) is 18.1 Å². The van der Waals surface area contributed by atoms with Gasteiger partial charge in [-0.15, -0.1) is 11.3 Å². The first-order valence-electron chi connectivity index (χ1n) is 13.8. The van der Waals surface area contributed by atoms with E-state index in [1.807, 2.05) is 17.2 Å². The molecule has 1 aromatic heterocycles. The van der Waals surface area contributed by atoms with E-state index in [4.69, 9.17) is 9.47 Å². The Morgan fingerprint density at radius 3 is 2.55 bits per heavy atom. The third-order valence-corrected chi connectivity index (χ3v) is 9.08. The van der Waals surface area contributed by atoms with Crippen LogP contribution in [0.1, 0.15) is 31.3 Å². The van der Waals surface area contributed by atoms with Gasteiger partial charge >= 0.3 is 18.0 Å². The predicted octanol–water partition coefficient (Wildman–Crippen LogP) is 2.31. The molecule has 0 radical (unpaired) electrons. The van der Waals surface area contributed by atoms with Gasteiger partial charge in [-0.25, -0.2) is 14.6 Å². The van der Waals surface area contributed by atoms with Gasteiger partial charge < -0.3 is 24.8 Å². The highest BCUT2D eigenvalue weighted by atomic mass is 32.1. The number of hydrogen-bond acceptors (Lipinski definition) is 10. The smallest absolute Gasteiger partial charge is 0.337 e. The summed E-state index contributed by atoms with van der Waals surface area (Å²) < 4.78 is 10.8. The number of nitrogens with one attached hydrogen (secondary N) is 1. The monoisotopic (exact) mass is 596 g/mol. The molecule has 2 N–H and O–H groups in total. The molecule has 4 heterocycles. The maximum atomic E-state index is 13.6. The van der Waals surface area contributed by atoms with E-state index < -0.39 is 23.4 Å². The molecule has 2 amide bonds. The van der Waals surface area contributed by atoms with Gasteiger partial charge in [0.25, 0.3) is 0 Å². The number of benzene rings is 1. The minimum absolute atomic E-state index is 0.0944. The fourth-order valence-corrected chi connectivity index (χ4v) is 6.40. The highest BCUT2D eigenvalue weighted by Gasteiger charge is 2.47. The summed E-state index contributed by atoms with van der Waals surface area (Å²) in [5.41, 5.74) is 1.49. The summed E-state index contributed by atoms with van der Waals surface area (Å²) in [6, 6.07) is 6.33. The van der Waals surface area contributed by atoms with Crippen LogP contribution in [0.15, 0.2) is 52.1 Å². The zero-order valence-electron chi connectivity index (χ0n) is 24.4. The van der Waals surface area contributed by atoms with Gasteiger partial charge in [-0.3, -0.25) is 19.6 Å². The van der Waals surface area contributed by atoms with Gasteiger partial charge in [0.2, 0.25) is 0 Å². The van der Waals surface area contributed by atoms with Crippen molar-refractivity contribution < 1.29 is 29.0 Å². The Bertz CT molecular complexity index is 1410. The van der Waals surface area contributed by atoms with Gasteiger partial charge in [0, 0.05) is 56.3 Å². The lowest BCUT2D eigenvalue weighted by Gasteiger charge is -2.44. The summed E-state index contributed by atoms with van der Waals surface area (Å²) in [6.07, 6.45) is 1.71. The van der Waals surface area contributed by atoms with Crippen molar-refractivity contribution in [3.63, 3.8) is 0 Å². The standard InChI is InChI=1S/C29H36N6O6S/c1-17-23(26(36)41-5)20(32-24(31-17)25-30-10-13-42-25)14-33-11-12-34-21(22(33)16-40-4)15-35(28(34)39)19-8-6-18(7-9-19)29(2,3)27(37)38/h6-10,13,17,21-22H,11-12,14-16H2,1-5H3,(H,31,32)(H,37,38)/t17-,21-,22-/m0/s1. The molecule has 13 heteroatoms. The van der Waals surface area contributed by atoms with Crippen LogP contribution in [0.5, 0.6) is 0 Å². The van der Waals surface area contributed by atoms with E-state index in [0.29, 0.717) is 61.1 Å². The van der Waals surface area contributed by atoms with Crippen LogP contribution in [-0.4, -0.2) is 109 Å². The largest absolute Gasteiger partial charge is 0.481 e. The number of hydrogen-bond donors (Lipinski definition) is 2. The van der Waals surface area contributed by atoms with E-state index in [0.717, 1.165) is 5.01 Å². The highest BCUT2D eigenvalue weighted by Crippen LogP contribution is 2.33. The number of nitrogens with zero attached hydrogens (tertiary/aromatic N) is 5. The number of fused-ring (bicyclic) bond motifs is 1. The first-order chi connectivity index (χ1) is 20.1. The Morgan fingerprint density at radius 2 is 1.93 bits per heavy atom. The molecular weight excluding hydrogens is 560 g/mol.